The molecule has 3 nitrogen and oxygen atoms in total. The van der Waals surface area contributed by atoms with Gasteiger partial charge in [-0.2, -0.15) is 0 Å². The SMILES string of the molecule is C#CC(C)(C)NC(=O)Sc1cccc(OC)c1. The van der Waals surface area contributed by atoms with Gasteiger partial charge in [-0.15, -0.1) is 6.42 Å². The first-order valence-electron chi connectivity index (χ1n) is 5.08. The van der Waals surface area contributed by atoms with Gasteiger partial charge in [0.05, 0.1) is 12.6 Å². The Bertz CT molecular complexity index is 449. The van der Waals surface area contributed by atoms with Crippen LogP contribution in [0.3, 0.4) is 0 Å². The Kier molecular flexibility index (Phi) is 4.47. The molecule has 0 aliphatic rings. The fourth-order valence-corrected chi connectivity index (χ4v) is 1.93. The molecule has 0 radical (unpaired) electrons. The van der Waals surface area contributed by atoms with Gasteiger partial charge in [0.15, 0.2) is 0 Å². The van der Waals surface area contributed by atoms with Crippen LogP contribution in [0.15, 0.2) is 29.2 Å². The van der Waals surface area contributed by atoms with Crippen LogP contribution in [-0.2, 0) is 0 Å². The second kappa shape index (κ2) is 5.65. The number of nitrogens with one attached hydrogen (secondary N) is 1. The van der Waals surface area contributed by atoms with Crippen molar-refractivity contribution in [2.45, 2.75) is 24.3 Å². The first-order chi connectivity index (χ1) is 7.96. The van der Waals surface area contributed by atoms with Crippen LogP contribution in [0.1, 0.15) is 13.8 Å². The molecule has 4 heteroatoms. The van der Waals surface area contributed by atoms with E-state index in [9.17, 15) is 4.79 Å². The summed E-state index contributed by atoms with van der Waals surface area (Å²) >= 11 is 1.09. The van der Waals surface area contributed by atoms with Crippen LogP contribution < -0.4 is 10.1 Å². The summed E-state index contributed by atoms with van der Waals surface area (Å²) in [5.74, 6) is 3.23. The van der Waals surface area contributed by atoms with Gasteiger partial charge in [0.2, 0.25) is 0 Å². The predicted octanol–water partition coefficient (Wildman–Crippen LogP) is 2.91. The third-order valence-electron chi connectivity index (χ3n) is 2.03. The zero-order valence-corrected chi connectivity index (χ0v) is 10.9. The fraction of sp³-hybridized carbons (Fsp3) is 0.308. The predicted molar refractivity (Wildman–Crippen MR) is 70.3 cm³/mol. The van der Waals surface area contributed by atoms with Crippen molar-refractivity contribution in [2.24, 2.45) is 0 Å². The molecule has 0 spiro atoms. The first-order valence-corrected chi connectivity index (χ1v) is 5.90. The molecule has 0 bridgehead atoms. The summed E-state index contributed by atoms with van der Waals surface area (Å²) in [4.78, 5) is 12.5. The van der Waals surface area contributed by atoms with E-state index in [2.05, 4.69) is 11.2 Å². The highest BCUT2D eigenvalue weighted by molar-refractivity contribution is 8.13. The standard InChI is InChI=1S/C13H15NO2S/c1-5-13(2,3)14-12(15)17-11-8-6-7-10(9-11)16-4/h1,6-9H,2-4H3,(H,14,15). The average Bonchev–Trinajstić information content (AvgIpc) is 2.28. The lowest BCUT2D eigenvalue weighted by Gasteiger charge is -2.18. The van der Waals surface area contributed by atoms with Gasteiger partial charge in [-0.05, 0) is 43.8 Å². The van der Waals surface area contributed by atoms with Crippen molar-refractivity contribution in [3.05, 3.63) is 24.3 Å². The van der Waals surface area contributed by atoms with Crippen molar-refractivity contribution in [3.8, 4) is 18.1 Å². The summed E-state index contributed by atoms with van der Waals surface area (Å²) in [6.45, 7) is 3.55. The number of benzene rings is 1. The summed E-state index contributed by atoms with van der Waals surface area (Å²) in [7, 11) is 1.59. The van der Waals surface area contributed by atoms with Gasteiger partial charge in [-0.3, -0.25) is 4.79 Å². The van der Waals surface area contributed by atoms with Gasteiger partial charge in [0.25, 0.3) is 5.24 Å². The van der Waals surface area contributed by atoms with Gasteiger partial charge in [0, 0.05) is 4.90 Å². The number of thioether (sulfide) groups is 1. The molecular formula is C13H15NO2S. The summed E-state index contributed by atoms with van der Waals surface area (Å²) in [6, 6.07) is 7.30. The first kappa shape index (κ1) is 13.5. The maximum absolute atomic E-state index is 11.7. The smallest absolute Gasteiger partial charge is 0.285 e. The number of amides is 1. The van der Waals surface area contributed by atoms with Crippen molar-refractivity contribution >= 4 is 17.0 Å². The van der Waals surface area contributed by atoms with E-state index in [-0.39, 0.29) is 5.24 Å². The summed E-state index contributed by atoms with van der Waals surface area (Å²) in [5, 5.41) is 2.56. The van der Waals surface area contributed by atoms with Crippen molar-refractivity contribution in [1.29, 1.82) is 0 Å². The molecule has 0 aliphatic heterocycles. The minimum absolute atomic E-state index is 0.179. The molecule has 1 aromatic rings. The second-order valence-corrected chi connectivity index (χ2v) is 5.01. The second-order valence-electron chi connectivity index (χ2n) is 3.96. The summed E-state index contributed by atoms with van der Waals surface area (Å²) in [5.41, 5.74) is -0.636. The Labute approximate surface area is 106 Å². The number of carbonyl (C=O) groups excluding carboxylic acids is 1. The number of rotatable bonds is 3. The summed E-state index contributed by atoms with van der Waals surface area (Å²) in [6.07, 6.45) is 5.30. The summed E-state index contributed by atoms with van der Waals surface area (Å²) < 4.78 is 5.08. The minimum atomic E-state index is -0.636. The normalized spacial score (nSPS) is 10.5. The van der Waals surface area contributed by atoms with Crippen LogP contribution >= 0.6 is 11.8 Å². The largest absolute Gasteiger partial charge is 0.497 e. The van der Waals surface area contributed by atoms with E-state index in [1.165, 1.54) is 0 Å². The molecular weight excluding hydrogens is 234 g/mol. The highest BCUT2D eigenvalue weighted by atomic mass is 32.2. The molecule has 1 rings (SSSR count). The maximum Gasteiger partial charge on any atom is 0.285 e. The van der Waals surface area contributed by atoms with Crippen LogP contribution in [0.4, 0.5) is 4.79 Å². The Balaban J connectivity index is 2.66. The highest BCUT2D eigenvalue weighted by Crippen LogP contribution is 2.23. The van der Waals surface area contributed by atoms with Crippen molar-refractivity contribution in [3.63, 3.8) is 0 Å². The van der Waals surface area contributed by atoms with Crippen molar-refractivity contribution in [1.82, 2.24) is 5.32 Å². The Morgan fingerprint density at radius 1 is 1.53 bits per heavy atom. The zero-order valence-electron chi connectivity index (χ0n) is 10.1. The van der Waals surface area contributed by atoms with E-state index in [1.807, 2.05) is 18.2 Å². The van der Waals surface area contributed by atoms with Crippen LogP contribution in [-0.4, -0.2) is 17.9 Å². The van der Waals surface area contributed by atoms with Crippen LogP contribution in [0.2, 0.25) is 0 Å². The molecule has 0 atom stereocenters. The fourth-order valence-electron chi connectivity index (χ4n) is 1.09. The van der Waals surface area contributed by atoms with Gasteiger partial charge >= 0.3 is 0 Å². The van der Waals surface area contributed by atoms with Crippen LogP contribution in [0, 0.1) is 12.3 Å². The topological polar surface area (TPSA) is 38.3 Å². The molecule has 0 aromatic heterocycles. The monoisotopic (exact) mass is 249 g/mol. The lowest BCUT2D eigenvalue weighted by molar-refractivity contribution is 0.256. The average molecular weight is 249 g/mol. The number of methoxy groups -OCH3 is 1. The Morgan fingerprint density at radius 2 is 2.24 bits per heavy atom. The molecule has 17 heavy (non-hydrogen) atoms. The molecule has 1 amide bonds. The van der Waals surface area contributed by atoms with Gasteiger partial charge in [-0.1, -0.05) is 12.0 Å². The zero-order chi connectivity index (χ0) is 12.9. The van der Waals surface area contributed by atoms with E-state index in [0.717, 1.165) is 22.4 Å². The van der Waals surface area contributed by atoms with Crippen molar-refractivity contribution < 1.29 is 9.53 Å². The van der Waals surface area contributed by atoms with Gasteiger partial charge < -0.3 is 10.1 Å². The molecule has 0 fully saturated rings. The number of carbonyl (C=O) groups is 1. The molecule has 1 N–H and O–H groups in total. The highest BCUT2D eigenvalue weighted by Gasteiger charge is 2.17. The third kappa shape index (κ3) is 4.41. The lowest BCUT2D eigenvalue weighted by Crippen LogP contribution is -2.39. The number of hydrogen-bond donors (Lipinski definition) is 1. The Morgan fingerprint density at radius 3 is 2.82 bits per heavy atom. The third-order valence-corrected chi connectivity index (χ3v) is 2.80. The molecule has 1 aromatic carbocycles. The van der Waals surface area contributed by atoms with Gasteiger partial charge in [-0.25, -0.2) is 0 Å². The molecule has 0 saturated heterocycles. The number of terminal acetylenes is 1. The molecule has 0 saturated carbocycles. The lowest BCUT2D eigenvalue weighted by atomic mass is 10.1. The van der Waals surface area contributed by atoms with Crippen molar-refractivity contribution in [2.75, 3.05) is 7.11 Å². The van der Waals surface area contributed by atoms with E-state index < -0.39 is 5.54 Å². The van der Waals surface area contributed by atoms with E-state index in [4.69, 9.17) is 11.2 Å². The quantitative estimate of drug-likeness (QED) is 0.661. The molecule has 90 valence electrons. The number of ether oxygens (including phenoxy) is 1. The van der Waals surface area contributed by atoms with E-state index in [1.54, 1.807) is 27.0 Å². The number of hydrogen-bond acceptors (Lipinski definition) is 3. The minimum Gasteiger partial charge on any atom is -0.497 e. The maximum atomic E-state index is 11.7. The van der Waals surface area contributed by atoms with Crippen LogP contribution in [0.5, 0.6) is 5.75 Å². The Hall–Kier alpha value is -1.60. The molecule has 0 heterocycles. The van der Waals surface area contributed by atoms with E-state index in [0.29, 0.717) is 0 Å². The van der Waals surface area contributed by atoms with Crippen LogP contribution in [0.25, 0.3) is 0 Å². The molecule has 0 unspecified atom stereocenters. The van der Waals surface area contributed by atoms with Gasteiger partial charge in [0.1, 0.15) is 5.75 Å². The van der Waals surface area contributed by atoms with E-state index >= 15 is 0 Å². The molecule has 0 aliphatic carbocycles.